The lowest BCUT2D eigenvalue weighted by Crippen LogP contribution is -2.21. The van der Waals surface area contributed by atoms with E-state index in [0.29, 0.717) is 11.3 Å². The number of nitrogens with one attached hydrogen (secondary N) is 1. The molecule has 0 bridgehead atoms. The number of aromatic nitrogens is 1. The zero-order valence-electron chi connectivity index (χ0n) is 13.8. The first-order chi connectivity index (χ1) is 12.5. The van der Waals surface area contributed by atoms with Crippen molar-refractivity contribution in [2.45, 2.75) is 12.8 Å². The molecule has 7 nitrogen and oxygen atoms in total. The average molecular weight is 346 g/mol. The van der Waals surface area contributed by atoms with Crippen LogP contribution in [0, 0.1) is 28.4 Å². The van der Waals surface area contributed by atoms with Crippen molar-refractivity contribution in [1.29, 1.82) is 5.26 Å². The Bertz CT molecular complexity index is 1140. The van der Waals surface area contributed by atoms with Crippen molar-refractivity contribution in [3.63, 3.8) is 0 Å². The maximum absolute atomic E-state index is 11.2. The number of para-hydroxylation sites is 1. The van der Waals surface area contributed by atoms with Crippen LogP contribution < -0.4 is 10.5 Å². The summed E-state index contributed by atoms with van der Waals surface area (Å²) in [7, 11) is 0. The molecule has 0 amide bonds. The molecule has 0 fully saturated rings. The molecule has 1 aliphatic heterocycles. The van der Waals surface area contributed by atoms with Crippen molar-refractivity contribution < 1.29 is 9.66 Å². The lowest BCUT2D eigenvalue weighted by molar-refractivity contribution is -0.384. The van der Waals surface area contributed by atoms with Gasteiger partial charge in [0, 0.05) is 34.3 Å². The minimum atomic E-state index is -0.542. The molecule has 0 saturated carbocycles. The number of nitrogens with zero attached hydrogens (tertiary/aromatic N) is 2. The second-order valence-corrected chi connectivity index (χ2v) is 6.11. The third-order valence-electron chi connectivity index (χ3n) is 4.64. The van der Waals surface area contributed by atoms with Crippen molar-refractivity contribution in [2.75, 3.05) is 0 Å². The number of nitrogens with two attached hydrogens (primary N) is 1. The van der Waals surface area contributed by atoms with Crippen molar-refractivity contribution in [3.05, 3.63) is 80.9 Å². The van der Waals surface area contributed by atoms with E-state index >= 15 is 0 Å². The van der Waals surface area contributed by atoms with Crippen LogP contribution in [0.2, 0.25) is 0 Å². The number of benzene rings is 2. The molecule has 2 heterocycles. The minimum absolute atomic E-state index is 0.0172. The van der Waals surface area contributed by atoms with E-state index in [1.807, 2.05) is 31.2 Å². The second kappa shape index (κ2) is 5.63. The number of rotatable bonds is 2. The largest absolute Gasteiger partial charge is 0.440 e. The highest BCUT2D eigenvalue weighted by molar-refractivity contribution is 5.87. The summed E-state index contributed by atoms with van der Waals surface area (Å²) in [5.74, 6) is -0.106. The smallest absolute Gasteiger partial charge is 0.270 e. The number of non-ortho nitro benzene ring substituents is 1. The summed E-state index contributed by atoms with van der Waals surface area (Å²) >= 11 is 0. The average Bonchev–Trinajstić information content (AvgIpc) is 2.95. The number of allylic oxidation sites excluding steroid dienone is 1. The Morgan fingerprint density at radius 2 is 2.08 bits per heavy atom. The van der Waals surface area contributed by atoms with Gasteiger partial charge in [-0.2, -0.15) is 5.26 Å². The van der Waals surface area contributed by atoms with E-state index < -0.39 is 10.8 Å². The van der Waals surface area contributed by atoms with Gasteiger partial charge in [0.05, 0.1) is 10.8 Å². The summed E-state index contributed by atoms with van der Waals surface area (Å²) < 4.78 is 5.55. The van der Waals surface area contributed by atoms with Crippen LogP contribution >= 0.6 is 0 Å². The molecule has 0 radical (unpaired) electrons. The van der Waals surface area contributed by atoms with Crippen LogP contribution in [0.3, 0.4) is 0 Å². The Labute approximate surface area is 148 Å². The van der Waals surface area contributed by atoms with E-state index in [1.54, 1.807) is 0 Å². The van der Waals surface area contributed by atoms with Crippen LogP contribution in [0.5, 0.6) is 5.75 Å². The van der Waals surface area contributed by atoms with Crippen molar-refractivity contribution in [3.8, 4) is 11.8 Å². The van der Waals surface area contributed by atoms with Crippen molar-refractivity contribution >= 4 is 16.6 Å². The number of hydrogen-bond acceptors (Lipinski definition) is 5. The summed E-state index contributed by atoms with van der Waals surface area (Å²) in [4.78, 5) is 14.1. The molecule has 0 saturated heterocycles. The maximum atomic E-state index is 11.2. The molecule has 0 spiro atoms. The molecule has 0 aliphatic carbocycles. The molecular weight excluding hydrogens is 332 g/mol. The molecule has 26 heavy (non-hydrogen) atoms. The third kappa shape index (κ3) is 2.20. The highest BCUT2D eigenvalue weighted by atomic mass is 16.6. The Kier molecular flexibility index (Phi) is 3.41. The Hall–Kier alpha value is -3.79. The summed E-state index contributed by atoms with van der Waals surface area (Å²) in [6.07, 6.45) is 0. The molecule has 1 unspecified atom stereocenters. The van der Waals surface area contributed by atoms with Gasteiger partial charge in [-0.3, -0.25) is 10.1 Å². The predicted molar refractivity (Wildman–Crippen MR) is 95.4 cm³/mol. The lowest BCUT2D eigenvalue weighted by atomic mass is 9.82. The van der Waals surface area contributed by atoms with Crippen LogP contribution in [0.1, 0.15) is 22.7 Å². The topological polar surface area (TPSA) is 118 Å². The van der Waals surface area contributed by atoms with E-state index in [2.05, 4.69) is 11.1 Å². The number of hydrogen-bond donors (Lipinski definition) is 2. The third-order valence-corrected chi connectivity index (χ3v) is 4.64. The number of nitro groups is 1. The van der Waals surface area contributed by atoms with E-state index in [9.17, 15) is 15.4 Å². The van der Waals surface area contributed by atoms with Gasteiger partial charge in [-0.15, -0.1) is 0 Å². The Morgan fingerprint density at radius 1 is 1.31 bits per heavy atom. The number of aryl methyl sites for hydroxylation is 1. The number of fused-ring (bicyclic) bond motifs is 2. The monoisotopic (exact) mass is 346 g/mol. The van der Waals surface area contributed by atoms with Crippen molar-refractivity contribution in [1.82, 2.24) is 4.98 Å². The minimum Gasteiger partial charge on any atom is -0.440 e. The summed E-state index contributed by atoms with van der Waals surface area (Å²) in [5, 5.41) is 21.9. The van der Waals surface area contributed by atoms with Gasteiger partial charge in [-0.05, 0) is 24.6 Å². The van der Waals surface area contributed by atoms with Crippen molar-refractivity contribution in [2.24, 2.45) is 5.73 Å². The first-order valence-electron chi connectivity index (χ1n) is 7.94. The van der Waals surface area contributed by atoms with Gasteiger partial charge in [0.1, 0.15) is 17.4 Å². The number of H-pyrrole nitrogens is 1. The fourth-order valence-corrected chi connectivity index (χ4v) is 3.53. The molecular formula is C19H14N4O3. The van der Waals surface area contributed by atoms with Crippen LogP contribution in [-0.2, 0) is 0 Å². The van der Waals surface area contributed by atoms with Crippen LogP contribution in [0.25, 0.3) is 10.9 Å². The zero-order valence-corrected chi connectivity index (χ0v) is 13.8. The van der Waals surface area contributed by atoms with E-state index in [-0.39, 0.29) is 17.1 Å². The Balaban J connectivity index is 2.05. The SMILES string of the molecule is Cc1[nH]c2ccccc2c1C1C(C#N)=C(N)Oc2ccc([N+](=O)[O-])cc21. The maximum Gasteiger partial charge on any atom is 0.270 e. The normalized spacial score (nSPS) is 16.1. The van der Waals surface area contributed by atoms with E-state index in [4.69, 9.17) is 10.5 Å². The van der Waals surface area contributed by atoms with Gasteiger partial charge in [-0.1, -0.05) is 18.2 Å². The predicted octanol–water partition coefficient (Wildman–Crippen LogP) is 3.60. The molecule has 1 atom stereocenters. The van der Waals surface area contributed by atoms with Crippen LogP contribution in [-0.4, -0.2) is 9.91 Å². The van der Waals surface area contributed by atoms with Crippen LogP contribution in [0.15, 0.2) is 53.9 Å². The molecule has 4 rings (SSSR count). The standard InChI is InChI=1S/C19H14N4O3/c1-10-17(12-4-2-3-5-15(12)22-10)18-13-8-11(23(24)25)6-7-16(13)26-19(21)14(18)9-20/h2-8,18,22H,21H2,1H3. The first kappa shape index (κ1) is 15.7. The number of nitro benzene ring substituents is 1. The summed E-state index contributed by atoms with van der Waals surface area (Å²) in [6.45, 7) is 1.91. The van der Waals surface area contributed by atoms with E-state index in [0.717, 1.165) is 22.2 Å². The number of aromatic amines is 1. The number of ether oxygens (including phenoxy) is 1. The van der Waals surface area contributed by atoms with Gasteiger partial charge in [0.15, 0.2) is 0 Å². The molecule has 128 valence electrons. The quantitative estimate of drug-likeness (QED) is 0.543. The van der Waals surface area contributed by atoms with E-state index in [1.165, 1.54) is 18.2 Å². The number of nitriles is 1. The Morgan fingerprint density at radius 3 is 2.81 bits per heavy atom. The van der Waals surface area contributed by atoms with Gasteiger partial charge in [0.2, 0.25) is 5.88 Å². The van der Waals surface area contributed by atoms with Gasteiger partial charge < -0.3 is 15.5 Å². The fourth-order valence-electron chi connectivity index (χ4n) is 3.53. The van der Waals surface area contributed by atoms with Crippen LogP contribution in [0.4, 0.5) is 5.69 Å². The highest BCUT2D eigenvalue weighted by Crippen LogP contribution is 2.46. The fraction of sp³-hybridized carbons (Fsp3) is 0.105. The lowest BCUT2D eigenvalue weighted by Gasteiger charge is -2.26. The van der Waals surface area contributed by atoms with Gasteiger partial charge >= 0.3 is 0 Å². The molecule has 1 aliphatic rings. The van der Waals surface area contributed by atoms with Gasteiger partial charge in [0.25, 0.3) is 5.69 Å². The molecule has 1 aromatic heterocycles. The summed E-state index contributed by atoms with van der Waals surface area (Å²) in [6, 6.07) is 14.2. The van der Waals surface area contributed by atoms with Gasteiger partial charge in [-0.25, -0.2) is 0 Å². The zero-order chi connectivity index (χ0) is 18.4. The molecule has 3 N–H and O–H groups in total. The molecule has 2 aromatic carbocycles. The molecule has 3 aromatic rings. The highest BCUT2D eigenvalue weighted by Gasteiger charge is 2.34. The molecule has 7 heteroatoms. The first-order valence-corrected chi connectivity index (χ1v) is 7.94. The second-order valence-electron chi connectivity index (χ2n) is 6.11. The summed E-state index contributed by atoms with van der Waals surface area (Å²) in [5.41, 5.74) is 9.38.